The second kappa shape index (κ2) is 10.7. The van der Waals surface area contributed by atoms with Crippen LogP contribution < -0.4 is 5.32 Å². The number of carbonyl (C=O) groups is 3. The smallest absolute Gasteiger partial charge is 0.248 e. The van der Waals surface area contributed by atoms with Gasteiger partial charge in [0.1, 0.15) is 34.5 Å². The molecule has 1 aliphatic heterocycles. The van der Waals surface area contributed by atoms with Crippen molar-refractivity contribution in [2.75, 3.05) is 11.9 Å². The van der Waals surface area contributed by atoms with Gasteiger partial charge >= 0.3 is 0 Å². The standard InChI is InChI=1S/C29H29BrFN7O3/c1-15-8-21(31)26(30)34-27(15)35-28(41)23-10-29(4,5)14-37(23)24(40)13-38-22-7-6-18(19-11-32-17(3)33-12-19)9-20(22)25(36-38)16(2)39/h6-9,11-12,23H,10,13-14H2,1-5H3,(H,34,35,41)/t23-/m0/s1. The SMILES string of the molecule is CC(=O)c1nn(CC(=O)N2CC(C)(C)C[C@H]2C(=O)Nc2nc(Br)c(F)cc2C)c2ccc(-c3cnc(C)nc3)cc12. The van der Waals surface area contributed by atoms with E-state index in [2.05, 4.69) is 41.3 Å². The Balaban J connectivity index is 1.43. The first-order valence-electron chi connectivity index (χ1n) is 13.1. The van der Waals surface area contributed by atoms with Crippen molar-refractivity contribution in [2.24, 2.45) is 5.41 Å². The summed E-state index contributed by atoms with van der Waals surface area (Å²) < 4.78 is 15.3. The Hall–Kier alpha value is -4.06. The highest BCUT2D eigenvalue weighted by Crippen LogP contribution is 2.35. The number of nitrogens with one attached hydrogen (secondary N) is 1. The molecule has 0 radical (unpaired) electrons. The molecule has 4 aromatic rings. The normalized spacial score (nSPS) is 16.3. The van der Waals surface area contributed by atoms with Crippen molar-refractivity contribution < 1.29 is 18.8 Å². The van der Waals surface area contributed by atoms with Gasteiger partial charge in [0.25, 0.3) is 0 Å². The van der Waals surface area contributed by atoms with Gasteiger partial charge in [0.2, 0.25) is 11.8 Å². The van der Waals surface area contributed by atoms with Gasteiger partial charge in [-0.15, -0.1) is 0 Å². The Morgan fingerprint density at radius 2 is 1.83 bits per heavy atom. The molecule has 0 bridgehead atoms. The first-order chi connectivity index (χ1) is 19.3. The third kappa shape index (κ3) is 5.74. The monoisotopic (exact) mass is 621 g/mol. The van der Waals surface area contributed by atoms with Gasteiger partial charge < -0.3 is 10.2 Å². The van der Waals surface area contributed by atoms with Crippen LogP contribution in [0.1, 0.15) is 49.1 Å². The molecule has 1 N–H and O–H groups in total. The van der Waals surface area contributed by atoms with Crippen LogP contribution in [-0.2, 0) is 16.1 Å². The van der Waals surface area contributed by atoms with Crippen LogP contribution in [0.5, 0.6) is 0 Å². The van der Waals surface area contributed by atoms with Crippen LogP contribution in [-0.4, -0.2) is 59.8 Å². The Kier molecular flexibility index (Phi) is 7.45. The number of aryl methyl sites for hydroxylation is 2. The summed E-state index contributed by atoms with van der Waals surface area (Å²) in [5.41, 5.74) is 2.64. The van der Waals surface area contributed by atoms with Crippen LogP contribution in [0, 0.1) is 25.1 Å². The molecule has 2 amide bonds. The van der Waals surface area contributed by atoms with E-state index >= 15 is 0 Å². The Morgan fingerprint density at radius 3 is 2.51 bits per heavy atom. The van der Waals surface area contributed by atoms with E-state index in [-0.39, 0.29) is 39.8 Å². The number of ketones is 1. The maximum atomic E-state index is 13.9. The number of amides is 2. The average Bonchev–Trinajstić information content (AvgIpc) is 3.44. The lowest BCUT2D eigenvalue weighted by molar-refractivity contribution is -0.137. The molecule has 1 aromatic carbocycles. The number of pyridine rings is 1. The molecule has 0 unspecified atom stereocenters. The minimum atomic E-state index is -0.759. The maximum Gasteiger partial charge on any atom is 0.248 e. The molecule has 1 saturated heterocycles. The van der Waals surface area contributed by atoms with Crippen molar-refractivity contribution >= 4 is 50.2 Å². The fourth-order valence-electron chi connectivity index (χ4n) is 5.15. The van der Waals surface area contributed by atoms with E-state index in [1.807, 2.05) is 32.0 Å². The number of benzene rings is 1. The number of carbonyl (C=O) groups excluding carboxylic acids is 3. The number of halogens is 2. The van der Waals surface area contributed by atoms with Crippen LogP contribution in [0.3, 0.4) is 0 Å². The number of anilines is 1. The average molecular weight is 622 g/mol. The summed E-state index contributed by atoms with van der Waals surface area (Å²) in [5, 5.41) is 7.87. The Bertz CT molecular complexity index is 1700. The molecule has 0 spiro atoms. The number of hydrogen-bond acceptors (Lipinski definition) is 7. The third-order valence-corrected chi connectivity index (χ3v) is 7.75. The number of likely N-dealkylation sites (tertiary alicyclic amines) is 1. The summed E-state index contributed by atoms with van der Waals surface area (Å²) in [4.78, 5) is 53.7. The van der Waals surface area contributed by atoms with Crippen LogP contribution in [0.15, 0.2) is 41.3 Å². The molecule has 10 nitrogen and oxygen atoms in total. The summed E-state index contributed by atoms with van der Waals surface area (Å²) >= 11 is 3.05. The summed E-state index contributed by atoms with van der Waals surface area (Å²) in [6.45, 7) is 9.07. The maximum absolute atomic E-state index is 13.9. The van der Waals surface area contributed by atoms with Crippen molar-refractivity contribution in [3.05, 3.63) is 64.2 Å². The molecule has 1 atom stereocenters. The van der Waals surface area contributed by atoms with Gasteiger partial charge in [-0.05, 0) is 70.9 Å². The molecule has 4 heterocycles. The molecule has 0 aliphatic carbocycles. The first kappa shape index (κ1) is 28.5. The van der Waals surface area contributed by atoms with Gasteiger partial charge in [0, 0.05) is 36.8 Å². The minimum Gasteiger partial charge on any atom is -0.328 e. The fraction of sp³-hybridized carbons (Fsp3) is 0.345. The third-order valence-electron chi connectivity index (χ3n) is 7.19. The zero-order chi connectivity index (χ0) is 29.6. The van der Waals surface area contributed by atoms with E-state index < -0.39 is 17.8 Å². The van der Waals surface area contributed by atoms with E-state index in [1.165, 1.54) is 17.7 Å². The van der Waals surface area contributed by atoms with E-state index in [4.69, 9.17) is 0 Å². The molecule has 12 heteroatoms. The predicted molar refractivity (Wildman–Crippen MR) is 155 cm³/mol. The number of hydrogen-bond donors (Lipinski definition) is 1. The summed E-state index contributed by atoms with van der Waals surface area (Å²) in [6.07, 6.45) is 3.87. The Morgan fingerprint density at radius 1 is 1.12 bits per heavy atom. The summed E-state index contributed by atoms with van der Waals surface area (Å²) in [6, 6.07) is 6.05. The zero-order valence-corrected chi connectivity index (χ0v) is 24.9. The molecular weight excluding hydrogens is 593 g/mol. The van der Waals surface area contributed by atoms with Gasteiger partial charge in [-0.2, -0.15) is 5.10 Å². The van der Waals surface area contributed by atoms with Crippen molar-refractivity contribution in [2.45, 2.75) is 53.6 Å². The second-order valence-corrected chi connectivity index (χ2v) is 11.9. The number of aromatic nitrogens is 5. The largest absolute Gasteiger partial charge is 0.328 e. The van der Waals surface area contributed by atoms with Crippen LogP contribution in [0.2, 0.25) is 0 Å². The van der Waals surface area contributed by atoms with Gasteiger partial charge in [0.05, 0.1) is 5.52 Å². The molecule has 41 heavy (non-hydrogen) atoms. The number of fused-ring (bicyclic) bond motifs is 1. The van der Waals surface area contributed by atoms with Gasteiger partial charge in [-0.25, -0.2) is 19.3 Å². The molecule has 0 saturated carbocycles. The van der Waals surface area contributed by atoms with Crippen LogP contribution in [0.4, 0.5) is 10.2 Å². The zero-order valence-electron chi connectivity index (χ0n) is 23.3. The number of rotatable bonds is 6. The van der Waals surface area contributed by atoms with Crippen molar-refractivity contribution in [1.82, 2.24) is 29.6 Å². The number of nitrogens with zero attached hydrogens (tertiary/aromatic N) is 6. The summed E-state index contributed by atoms with van der Waals surface area (Å²) in [5.74, 6) is -0.603. The van der Waals surface area contributed by atoms with E-state index in [1.54, 1.807) is 31.1 Å². The molecule has 1 fully saturated rings. The van der Waals surface area contributed by atoms with E-state index in [0.717, 1.165) is 11.1 Å². The molecule has 1 aliphatic rings. The molecular formula is C29H29BrFN7O3. The van der Waals surface area contributed by atoms with Gasteiger partial charge in [0.15, 0.2) is 11.6 Å². The quantitative estimate of drug-likeness (QED) is 0.240. The lowest BCUT2D eigenvalue weighted by Crippen LogP contribution is -2.44. The number of Topliss-reactive ketones (excluding diaryl/α,β-unsaturated/α-hetero) is 1. The van der Waals surface area contributed by atoms with Crippen LogP contribution >= 0.6 is 15.9 Å². The van der Waals surface area contributed by atoms with E-state index in [0.29, 0.717) is 35.3 Å². The minimum absolute atomic E-state index is 0.0111. The topological polar surface area (TPSA) is 123 Å². The highest BCUT2D eigenvalue weighted by molar-refractivity contribution is 9.10. The predicted octanol–water partition coefficient (Wildman–Crippen LogP) is 4.88. The van der Waals surface area contributed by atoms with Gasteiger partial charge in [-0.3, -0.25) is 19.1 Å². The van der Waals surface area contributed by atoms with E-state index in [9.17, 15) is 18.8 Å². The lowest BCUT2D eigenvalue weighted by atomic mass is 9.90. The molecule has 212 valence electrons. The summed E-state index contributed by atoms with van der Waals surface area (Å²) in [7, 11) is 0. The van der Waals surface area contributed by atoms with Crippen molar-refractivity contribution in [3.8, 4) is 11.1 Å². The first-order valence-corrected chi connectivity index (χ1v) is 13.9. The van der Waals surface area contributed by atoms with Crippen molar-refractivity contribution in [1.29, 1.82) is 0 Å². The fourth-order valence-corrected chi connectivity index (χ4v) is 5.44. The van der Waals surface area contributed by atoms with Crippen molar-refractivity contribution in [3.63, 3.8) is 0 Å². The molecule has 5 rings (SSSR count). The van der Waals surface area contributed by atoms with Crippen LogP contribution in [0.25, 0.3) is 22.0 Å². The highest BCUT2D eigenvalue weighted by atomic mass is 79.9. The Labute approximate surface area is 244 Å². The second-order valence-electron chi connectivity index (χ2n) is 11.1. The highest BCUT2D eigenvalue weighted by Gasteiger charge is 2.44. The molecule has 3 aromatic heterocycles. The lowest BCUT2D eigenvalue weighted by Gasteiger charge is -2.24. The van der Waals surface area contributed by atoms with Gasteiger partial charge in [-0.1, -0.05) is 19.9 Å².